The summed E-state index contributed by atoms with van der Waals surface area (Å²) in [5, 5.41) is 0. The Morgan fingerprint density at radius 2 is 2.47 bits per heavy atom. The summed E-state index contributed by atoms with van der Waals surface area (Å²) in [6.45, 7) is 5.32. The lowest BCUT2D eigenvalue weighted by Crippen LogP contribution is -2.44. The minimum atomic E-state index is 0.173. The van der Waals surface area contributed by atoms with Gasteiger partial charge in [0.25, 0.3) is 0 Å². The Morgan fingerprint density at radius 3 is 3.13 bits per heavy atom. The Labute approximate surface area is 95.5 Å². The molecule has 0 aromatic carbocycles. The second kappa shape index (κ2) is 5.32. The van der Waals surface area contributed by atoms with Gasteiger partial charge in [-0.25, -0.2) is 0 Å². The number of rotatable bonds is 3. The van der Waals surface area contributed by atoms with Crippen molar-refractivity contribution in [3.63, 3.8) is 0 Å². The van der Waals surface area contributed by atoms with Gasteiger partial charge in [-0.05, 0) is 13.3 Å². The van der Waals surface area contributed by atoms with Crippen molar-refractivity contribution in [2.24, 2.45) is 5.92 Å². The molecule has 2 atom stereocenters. The molecule has 0 saturated carbocycles. The fourth-order valence-corrected chi connectivity index (χ4v) is 3.20. The molecule has 2 fully saturated rings. The number of thioether (sulfide) groups is 1. The predicted molar refractivity (Wildman–Crippen MR) is 62.3 cm³/mol. The van der Waals surface area contributed by atoms with Crippen LogP contribution in [0.15, 0.2) is 0 Å². The summed E-state index contributed by atoms with van der Waals surface area (Å²) in [7, 11) is 0. The first-order valence-corrected chi connectivity index (χ1v) is 6.85. The van der Waals surface area contributed by atoms with Crippen molar-refractivity contribution in [1.82, 2.24) is 4.90 Å². The van der Waals surface area contributed by atoms with Crippen LogP contribution in [0.4, 0.5) is 0 Å². The van der Waals surface area contributed by atoms with Crippen LogP contribution in [-0.4, -0.2) is 54.5 Å². The Kier molecular flexibility index (Phi) is 4.05. The minimum absolute atomic E-state index is 0.173. The van der Waals surface area contributed by atoms with Crippen LogP contribution < -0.4 is 0 Å². The molecule has 0 aliphatic carbocycles. The number of hydrogen-bond acceptors (Lipinski definition) is 4. The second-order valence-corrected chi connectivity index (χ2v) is 5.57. The van der Waals surface area contributed by atoms with Crippen molar-refractivity contribution in [1.29, 1.82) is 0 Å². The van der Waals surface area contributed by atoms with Crippen molar-refractivity contribution in [3.8, 4) is 0 Å². The Bertz CT molecular complexity index is 229. The second-order valence-electron chi connectivity index (χ2n) is 4.42. The van der Waals surface area contributed by atoms with E-state index in [2.05, 4.69) is 11.8 Å². The Balaban J connectivity index is 1.81. The van der Waals surface area contributed by atoms with Crippen LogP contribution >= 0.6 is 11.8 Å². The number of carbonyl (C=O) groups excluding carboxylic acids is 1. The van der Waals surface area contributed by atoms with Crippen molar-refractivity contribution in [2.45, 2.75) is 19.4 Å². The van der Waals surface area contributed by atoms with E-state index in [1.54, 1.807) is 0 Å². The molecule has 15 heavy (non-hydrogen) atoms. The molecule has 2 aliphatic rings. The molecular weight excluding hydrogens is 210 g/mol. The summed E-state index contributed by atoms with van der Waals surface area (Å²) >= 11 is 1.99. The number of ether oxygens (including phenoxy) is 1. The van der Waals surface area contributed by atoms with E-state index in [1.807, 2.05) is 11.8 Å². The Morgan fingerprint density at radius 1 is 1.60 bits per heavy atom. The van der Waals surface area contributed by atoms with Crippen molar-refractivity contribution < 1.29 is 9.53 Å². The quantitative estimate of drug-likeness (QED) is 0.723. The van der Waals surface area contributed by atoms with E-state index in [-0.39, 0.29) is 5.92 Å². The average Bonchev–Trinajstić information content (AvgIpc) is 2.74. The third kappa shape index (κ3) is 2.95. The Hall–Kier alpha value is -0.0600. The van der Waals surface area contributed by atoms with Gasteiger partial charge in [0, 0.05) is 36.6 Å². The lowest BCUT2D eigenvalue weighted by molar-refractivity contribution is -0.124. The zero-order valence-corrected chi connectivity index (χ0v) is 10.1. The van der Waals surface area contributed by atoms with E-state index in [0.717, 1.165) is 25.3 Å². The third-order valence-corrected chi connectivity index (χ3v) is 4.44. The van der Waals surface area contributed by atoms with Crippen LogP contribution in [0, 0.1) is 5.92 Å². The highest BCUT2D eigenvalue weighted by atomic mass is 32.2. The van der Waals surface area contributed by atoms with Gasteiger partial charge in [-0.1, -0.05) is 0 Å². The first kappa shape index (κ1) is 11.4. The van der Waals surface area contributed by atoms with Gasteiger partial charge in [0.1, 0.15) is 0 Å². The monoisotopic (exact) mass is 229 g/mol. The molecule has 3 nitrogen and oxygen atoms in total. The van der Waals surface area contributed by atoms with Gasteiger partial charge in [0.15, 0.2) is 5.78 Å². The SMILES string of the molecule is CC1CSCCN1CC(=O)C1CCOC1. The number of ketones is 1. The first-order chi connectivity index (χ1) is 7.27. The van der Waals surface area contributed by atoms with Crippen LogP contribution in [-0.2, 0) is 9.53 Å². The molecule has 2 aliphatic heterocycles. The normalized spacial score (nSPS) is 33.1. The molecule has 0 aromatic heterocycles. The van der Waals surface area contributed by atoms with Gasteiger partial charge >= 0.3 is 0 Å². The van der Waals surface area contributed by atoms with Gasteiger partial charge < -0.3 is 4.74 Å². The van der Waals surface area contributed by atoms with Gasteiger partial charge in [0.2, 0.25) is 0 Å². The van der Waals surface area contributed by atoms with Crippen LogP contribution in [0.5, 0.6) is 0 Å². The van der Waals surface area contributed by atoms with E-state index in [0.29, 0.717) is 25.0 Å². The fraction of sp³-hybridized carbons (Fsp3) is 0.909. The molecule has 0 bridgehead atoms. The number of carbonyl (C=O) groups is 1. The number of nitrogens with zero attached hydrogens (tertiary/aromatic N) is 1. The van der Waals surface area contributed by atoms with E-state index in [9.17, 15) is 4.79 Å². The largest absolute Gasteiger partial charge is 0.381 e. The summed E-state index contributed by atoms with van der Waals surface area (Å²) in [6.07, 6.45) is 0.926. The highest BCUT2D eigenvalue weighted by molar-refractivity contribution is 7.99. The maximum Gasteiger partial charge on any atom is 0.152 e. The minimum Gasteiger partial charge on any atom is -0.381 e. The first-order valence-electron chi connectivity index (χ1n) is 5.69. The average molecular weight is 229 g/mol. The van der Waals surface area contributed by atoms with E-state index < -0.39 is 0 Å². The fourth-order valence-electron chi connectivity index (χ4n) is 2.11. The zero-order chi connectivity index (χ0) is 10.7. The number of Topliss-reactive ketones (excluding diaryl/α,β-unsaturated/α-hetero) is 1. The lowest BCUT2D eigenvalue weighted by atomic mass is 10.0. The maximum absolute atomic E-state index is 11.9. The van der Waals surface area contributed by atoms with E-state index in [1.165, 1.54) is 5.75 Å². The third-order valence-electron chi connectivity index (χ3n) is 3.25. The van der Waals surface area contributed by atoms with Gasteiger partial charge in [-0.2, -0.15) is 11.8 Å². The van der Waals surface area contributed by atoms with Crippen LogP contribution in [0.3, 0.4) is 0 Å². The molecular formula is C11H19NO2S. The molecule has 0 radical (unpaired) electrons. The molecule has 0 amide bonds. The van der Waals surface area contributed by atoms with Gasteiger partial charge in [-0.15, -0.1) is 0 Å². The molecule has 0 N–H and O–H groups in total. The summed E-state index contributed by atoms with van der Waals surface area (Å²) in [4.78, 5) is 14.2. The van der Waals surface area contributed by atoms with E-state index >= 15 is 0 Å². The van der Waals surface area contributed by atoms with E-state index in [4.69, 9.17) is 4.74 Å². The highest BCUT2D eigenvalue weighted by Crippen LogP contribution is 2.18. The predicted octanol–water partition coefficient (Wildman–Crippen LogP) is 1.03. The maximum atomic E-state index is 11.9. The van der Waals surface area contributed by atoms with Gasteiger partial charge in [0.05, 0.1) is 13.2 Å². The van der Waals surface area contributed by atoms with Crippen molar-refractivity contribution in [3.05, 3.63) is 0 Å². The van der Waals surface area contributed by atoms with Crippen molar-refractivity contribution >= 4 is 17.5 Å². The summed E-state index contributed by atoms with van der Waals surface area (Å²) in [5.41, 5.74) is 0. The van der Waals surface area contributed by atoms with Crippen LogP contribution in [0.1, 0.15) is 13.3 Å². The summed E-state index contributed by atoms with van der Waals surface area (Å²) in [6, 6.07) is 0.551. The lowest BCUT2D eigenvalue weighted by Gasteiger charge is -2.32. The standard InChI is InChI=1S/C11H19NO2S/c1-9-8-15-5-3-12(9)6-11(13)10-2-4-14-7-10/h9-10H,2-8H2,1H3. The summed E-state index contributed by atoms with van der Waals surface area (Å²) in [5.74, 6) is 2.88. The number of hydrogen-bond donors (Lipinski definition) is 0. The molecule has 2 heterocycles. The highest BCUT2D eigenvalue weighted by Gasteiger charge is 2.27. The molecule has 86 valence electrons. The van der Waals surface area contributed by atoms with Crippen LogP contribution in [0.2, 0.25) is 0 Å². The van der Waals surface area contributed by atoms with Crippen molar-refractivity contribution in [2.75, 3.05) is 37.8 Å². The molecule has 0 spiro atoms. The van der Waals surface area contributed by atoms with Gasteiger partial charge in [-0.3, -0.25) is 9.69 Å². The summed E-state index contributed by atoms with van der Waals surface area (Å²) < 4.78 is 5.25. The molecule has 0 aromatic rings. The smallest absolute Gasteiger partial charge is 0.152 e. The molecule has 4 heteroatoms. The molecule has 2 rings (SSSR count). The molecule has 2 unspecified atom stereocenters. The topological polar surface area (TPSA) is 29.5 Å². The van der Waals surface area contributed by atoms with Crippen LogP contribution in [0.25, 0.3) is 0 Å². The molecule has 2 saturated heterocycles. The zero-order valence-electron chi connectivity index (χ0n) is 9.28.